The number of ether oxygens (including phenoxy) is 1. The fourth-order valence-electron chi connectivity index (χ4n) is 1.69. The standard InChI is InChI=1S/C14H19N3OS/c1-10(2)11-4-6-12(7-5-11)13-16-14(19-17-13)15-8-9-18-3/h4-7,10H,8-9H2,1-3H3,(H,15,16,17). The van der Waals surface area contributed by atoms with Gasteiger partial charge in [-0.25, -0.2) is 0 Å². The highest BCUT2D eigenvalue weighted by Gasteiger charge is 2.07. The number of nitrogens with one attached hydrogen (secondary N) is 1. The van der Waals surface area contributed by atoms with Gasteiger partial charge < -0.3 is 10.1 Å². The second-order valence-electron chi connectivity index (χ2n) is 4.62. The molecule has 1 aromatic carbocycles. The van der Waals surface area contributed by atoms with Crippen molar-refractivity contribution in [3.8, 4) is 11.4 Å². The molecule has 0 aliphatic heterocycles. The van der Waals surface area contributed by atoms with Crippen molar-refractivity contribution in [2.45, 2.75) is 19.8 Å². The first-order chi connectivity index (χ1) is 9.20. The topological polar surface area (TPSA) is 47.0 Å². The Morgan fingerprint density at radius 2 is 2.00 bits per heavy atom. The van der Waals surface area contributed by atoms with E-state index in [0.717, 1.165) is 23.1 Å². The van der Waals surface area contributed by atoms with Gasteiger partial charge >= 0.3 is 0 Å². The van der Waals surface area contributed by atoms with Gasteiger partial charge in [-0.05, 0) is 11.5 Å². The van der Waals surface area contributed by atoms with Gasteiger partial charge in [0, 0.05) is 30.8 Å². The van der Waals surface area contributed by atoms with Gasteiger partial charge in [0.2, 0.25) is 5.13 Å². The molecule has 0 radical (unpaired) electrons. The van der Waals surface area contributed by atoms with E-state index in [9.17, 15) is 0 Å². The van der Waals surface area contributed by atoms with Crippen molar-refractivity contribution in [2.75, 3.05) is 25.6 Å². The van der Waals surface area contributed by atoms with Crippen molar-refractivity contribution in [3.05, 3.63) is 29.8 Å². The molecule has 0 saturated carbocycles. The third-order valence-electron chi connectivity index (χ3n) is 2.84. The zero-order chi connectivity index (χ0) is 13.7. The quantitative estimate of drug-likeness (QED) is 0.822. The smallest absolute Gasteiger partial charge is 0.202 e. The Bertz CT molecular complexity index is 508. The summed E-state index contributed by atoms with van der Waals surface area (Å²) in [7, 11) is 1.68. The van der Waals surface area contributed by atoms with Crippen molar-refractivity contribution in [2.24, 2.45) is 0 Å². The van der Waals surface area contributed by atoms with E-state index in [-0.39, 0.29) is 0 Å². The molecule has 19 heavy (non-hydrogen) atoms. The molecule has 0 amide bonds. The molecule has 4 nitrogen and oxygen atoms in total. The van der Waals surface area contributed by atoms with Crippen LogP contribution in [0.4, 0.5) is 5.13 Å². The van der Waals surface area contributed by atoms with Crippen LogP contribution in [0.1, 0.15) is 25.3 Å². The van der Waals surface area contributed by atoms with Crippen LogP contribution >= 0.6 is 11.5 Å². The second-order valence-corrected chi connectivity index (χ2v) is 5.37. The molecule has 0 unspecified atom stereocenters. The van der Waals surface area contributed by atoms with Gasteiger partial charge in [-0.1, -0.05) is 38.1 Å². The van der Waals surface area contributed by atoms with Crippen LogP contribution in [0.5, 0.6) is 0 Å². The van der Waals surface area contributed by atoms with Gasteiger partial charge in [0.15, 0.2) is 5.82 Å². The SMILES string of the molecule is COCCNc1nc(-c2ccc(C(C)C)cc2)ns1. The van der Waals surface area contributed by atoms with E-state index in [4.69, 9.17) is 4.74 Å². The first-order valence-corrected chi connectivity index (χ1v) is 7.15. The first kappa shape index (κ1) is 14.0. The van der Waals surface area contributed by atoms with E-state index in [1.54, 1.807) is 7.11 Å². The molecule has 1 aromatic heterocycles. The lowest BCUT2D eigenvalue weighted by molar-refractivity contribution is 0.211. The summed E-state index contributed by atoms with van der Waals surface area (Å²) in [6.07, 6.45) is 0. The maximum Gasteiger partial charge on any atom is 0.202 e. The normalized spacial score (nSPS) is 10.9. The lowest BCUT2D eigenvalue weighted by Crippen LogP contribution is -2.06. The molecule has 5 heteroatoms. The molecule has 2 rings (SSSR count). The summed E-state index contributed by atoms with van der Waals surface area (Å²) >= 11 is 1.38. The summed E-state index contributed by atoms with van der Waals surface area (Å²) in [5.41, 5.74) is 2.39. The van der Waals surface area contributed by atoms with Crippen LogP contribution in [0.15, 0.2) is 24.3 Å². The minimum Gasteiger partial charge on any atom is -0.383 e. The van der Waals surface area contributed by atoms with Gasteiger partial charge in [0.05, 0.1) is 6.61 Å². The molecule has 0 aliphatic rings. The zero-order valence-electron chi connectivity index (χ0n) is 11.5. The molecular weight excluding hydrogens is 258 g/mol. The molecule has 2 aromatic rings. The third kappa shape index (κ3) is 3.75. The number of rotatable bonds is 6. The molecule has 0 aliphatic carbocycles. The van der Waals surface area contributed by atoms with Crippen molar-refractivity contribution in [1.29, 1.82) is 0 Å². The highest BCUT2D eigenvalue weighted by Crippen LogP contribution is 2.23. The molecule has 0 fully saturated rings. The van der Waals surface area contributed by atoms with Gasteiger partial charge in [-0.3, -0.25) is 0 Å². The van der Waals surface area contributed by atoms with E-state index in [1.807, 2.05) is 0 Å². The Balaban J connectivity index is 2.05. The summed E-state index contributed by atoms with van der Waals surface area (Å²) in [5.74, 6) is 1.32. The minimum atomic E-state index is 0.545. The lowest BCUT2D eigenvalue weighted by atomic mass is 10.0. The van der Waals surface area contributed by atoms with Crippen LogP contribution in [0.3, 0.4) is 0 Å². The second kappa shape index (κ2) is 6.63. The third-order valence-corrected chi connectivity index (χ3v) is 3.52. The van der Waals surface area contributed by atoms with E-state index < -0.39 is 0 Å². The van der Waals surface area contributed by atoms with E-state index >= 15 is 0 Å². The van der Waals surface area contributed by atoms with Crippen LogP contribution in [0, 0.1) is 0 Å². The van der Waals surface area contributed by atoms with Crippen LogP contribution < -0.4 is 5.32 Å². The number of hydrogen-bond donors (Lipinski definition) is 1. The fraction of sp³-hybridized carbons (Fsp3) is 0.429. The molecule has 1 heterocycles. The average Bonchev–Trinajstić information content (AvgIpc) is 2.88. The van der Waals surface area contributed by atoms with Crippen molar-refractivity contribution >= 4 is 16.7 Å². The summed E-state index contributed by atoms with van der Waals surface area (Å²) < 4.78 is 9.35. The Morgan fingerprint density at radius 1 is 1.26 bits per heavy atom. The Morgan fingerprint density at radius 3 is 2.63 bits per heavy atom. The summed E-state index contributed by atoms with van der Waals surface area (Å²) in [5, 5.41) is 4.02. The fourth-order valence-corrected chi connectivity index (χ4v) is 2.30. The summed E-state index contributed by atoms with van der Waals surface area (Å²) in [6.45, 7) is 5.79. The predicted molar refractivity (Wildman–Crippen MR) is 79.8 cm³/mol. The molecule has 0 saturated heterocycles. The van der Waals surface area contributed by atoms with Gasteiger partial charge in [-0.2, -0.15) is 9.36 Å². The Hall–Kier alpha value is -1.46. The van der Waals surface area contributed by atoms with Crippen LogP contribution in [-0.4, -0.2) is 29.6 Å². The number of methoxy groups -OCH3 is 1. The highest BCUT2D eigenvalue weighted by molar-refractivity contribution is 7.09. The first-order valence-electron chi connectivity index (χ1n) is 6.37. The molecule has 102 valence electrons. The predicted octanol–water partition coefficient (Wildman–Crippen LogP) is 3.39. The molecule has 0 spiro atoms. The molecule has 1 N–H and O–H groups in total. The molecule has 0 bridgehead atoms. The van der Waals surface area contributed by atoms with E-state index in [1.165, 1.54) is 17.1 Å². The summed E-state index contributed by atoms with van der Waals surface area (Å²) in [6, 6.07) is 8.44. The average molecular weight is 277 g/mol. The van der Waals surface area contributed by atoms with E-state index in [0.29, 0.717) is 12.5 Å². The lowest BCUT2D eigenvalue weighted by Gasteiger charge is -2.04. The van der Waals surface area contributed by atoms with Gasteiger partial charge in [0.1, 0.15) is 0 Å². The van der Waals surface area contributed by atoms with Crippen molar-refractivity contribution in [3.63, 3.8) is 0 Å². The van der Waals surface area contributed by atoms with Gasteiger partial charge in [-0.15, -0.1) is 0 Å². The Kier molecular flexibility index (Phi) is 4.87. The van der Waals surface area contributed by atoms with Crippen LogP contribution in [0.25, 0.3) is 11.4 Å². The summed E-state index contributed by atoms with van der Waals surface area (Å²) in [4.78, 5) is 4.47. The van der Waals surface area contributed by atoms with Crippen LogP contribution in [-0.2, 0) is 4.74 Å². The minimum absolute atomic E-state index is 0.545. The van der Waals surface area contributed by atoms with Gasteiger partial charge in [0.25, 0.3) is 0 Å². The molecule has 0 atom stereocenters. The number of aromatic nitrogens is 2. The maximum absolute atomic E-state index is 4.98. The monoisotopic (exact) mass is 277 g/mol. The number of anilines is 1. The largest absolute Gasteiger partial charge is 0.383 e. The Labute approximate surface area is 118 Å². The van der Waals surface area contributed by atoms with Crippen molar-refractivity contribution in [1.82, 2.24) is 9.36 Å². The van der Waals surface area contributed by atoms with E-state index in [2.05, 4.69) is 52.8 Å². The highest BCUT2D eigenvalue weighted by atomic mass is 32.1. The maximum atomic E-state index is 4.98. The van der Waals surface area contributed by atoms with Crippen molar-refractivity contribution < 1.29 is 4.74 Å². The number of hydrogen-bond acceptors (Lipinski definition) is 5. The zero-order valence-corrected chi connectivity index (χ0v) is 12.3. The number of benzene rings is 1. The molecular formula is C14H19N3OS. The van der Waals surface area contributed by atoms with Crippen LogP contribution in [0.2, 0.25) is 0 Å². The number of nitrogens with zero attached hydrogens (tertiary/aromatic N) is 2.